The van der Waals surface area contributed by atoms with E-state index < -0.39 is 11.4 Å². The summed E-state index contributed by atoms with van der Waals surface area (Å²) in [5.74, 6) is -1.82. The average Bonchev–Trinajstić information content (AvgIpc) is 2.37. The maximum absolute atomic E-state index is 12.1. The van der Waals surface area contributed by atoms with Gasteiger partial charge in [0.15, 0.2) is 0 Å². The Labute approximate surface area is 112 Å². The quantitative estimate of drug-likeness (QED) is 0.768. The number of aliphatic carboxylic acids is 1. The molecule has 0 saturated carbocycles. The van der Waals surface area contributed by atoms with E-state index >= 15 is 0 Å². The lowest BCUT2D eigenvalue weighted by Crippen LogP contribution is -2.44. The van der Waals surface area contributed by atoms with Gasteiger partial charge in [0.05, 0.1) is 18.4 Å². The number of methoxy groups -OCH3 is 1. The van der Waals surface area contributed by atoms with Crippen LogP contribution >= 0.6 is 0 Å². The number of piperidine rings is 1. The molecule has 0 radical (unpaired) electrons. The molecule has 1 fully saturated rings. The molecular formula is C13H21NO5. The van der Waals surface area contributed by atoms with Crippen molar-refractivity contribution < 1.29 is 24.2 Å². The average molecular weight is 271 g/mol. The van der Waals surface area contributed by atoms with E-state index in [9.17, 15) is 14.4 Å². The van der Waals surface area contributed by atoms with Crippen molar-refractivity contribution in [1.82, 2.24) is 4.90 Å². The molecule has 0 bridgehead atoms. The Morgan fingerprint density at radius 3 is 2.53 bits per heavy atom. The van der Waals surface area contributed by atoms with Crippen LogP contribution in [0.25, 0.3) is 0 Å². The van der Waals surface area contributed by atoms with E-state index in [1.807, 2.05) is 0 Å². The largest absolute Gasteiger partial charge is 0.481 e. The number of carbonyl (C=O) groups excluding carboxylic acids is 2. The zero-order valence-corrected chi connectivity index (χ0v) is 11.6. The highest BCUT2D eigenvalue weighted by atomic mass is 16.5. The Morgan fingerprint density at radius 2 is 2.00 bits per heavy atom. The Kier molecular flexibility index (Phi) is 4.91. The molecule has 1 N–H and O–H groups in total. The third kappa shape index (κ3) is 3.94. The minimum Gasteiger partial charge on any atom is -0.481 e. The number of ether oxygens (including phenoxy) is 1. The van der Waals surface area contributed by atoms with Crippen LogP contribution in [0, 0.1) is 11.3 Å². The van der Waals surface area contributed by atoms with Crippen LogP contribution in [0.1, 0.15) is 33.1 Å². The Morgan fingerprint density at radius 1 is 1.37 bits per heavy atom. The maximum atomic E-state index is 12.1. The molecule has 1 atom stereocenters. The maximum Gasteiger partial charge on any atom is 0.310 e. The van der Waals surface area contributed by atoms with Crippen molar-refractivity contribution in [3.05, 3.63) is 0 Å². The third-order valence-electron chi connectivity index (χ3n) is 3.48. The third-order valence-corrected chi connectivity index (χ3v) is 3.48. The number of amides is 1. The summed E-state index contributed by atoms with van der Waals surface area (Å²) in [5.41, 5.74) is -1.09. The molecule has 1 saturated heterocycles. The number of carboxylic acid groups (broad SMARTS) is 1. The van der Waals surface area contributed by atoms with Gasteiger partial charge in [0.2, 0.25) is 5.91 Å². The molecule has 1 aliphatic rings. The lowest BCUT2D eigenvalue weighted by atomic mass is 9.88. The van der Waals surface area contributed by atoms with Gasteiger partial charge in [-0.2, -0.15) is 0 Å². The zero-order valence-electron chi connectivity index (χ0n) is 11.6. The van der Waals surface area contributed by atoms with Gasteiger partial charge in [0, 0.05) is 19.5 Å². The van der Waals surface area contributed by atoms with Crippen LogP contribution < -0.4 is 0 Å². The van der Waals surface area contributed by atoms with E-state index in [0.29, 0.717) is 19.5 Å². The monoisotopic (exact) mass is 271 g/mol. The highest BCUT2D eigenvalue weighted by Gasteiger charge is 2.35. The van der Waals surface area contributed by atoms with Gasteiger partial charge in [-0.05, 0) is 26.7 Å². The van der Waals surface area contributed by atoms with Crippen LogP contribution in [0.4, 0.5) is 0 Å². The summed E-state index contributed by atoms with van der Waals surface area (Å²) < 4.78 is 4.69. The van der Waals surface area contributed by atoms with E-state index in [0.717, 1.165) is 6.42 Å². The molecule has 1 amide bonds. The fourth-order valence-corrected chi connectivity index (χ4v) is 2.13. The number of likely N-dealkylation sites (tertiary alicyclic amines) is 1. The molecule has 0 aromatic carbocycles. The van der Waals surface area contributed by atoms with Gasteiger partial charge >= 0.3 is 11.9 Å². The molecule has 6 nitrogen and oxygen atoms in total. The van der Waals surface area contributed by atoms with Gasteiger partial charge < -0.3 is 14.7 Å². The molecule has 108 valence electrons. The van der Waals surface area contributed by atoms with Crippen LogP contribution in [0.5, 0.6) is 0 Å². The number of nitrogens with zero attached hydrogens (tertiary/aromatic N) is 1. The summed E-state index contributed by atoms with van der Waals surface area (Å²) in [6.07, 6.45) is 1.38. The normalized spacial score (nSPS) is 19.9. The van der Waals surface area contributed by atoms with Gasteiger partial charge in [0.1, 0.15) is 0 Å². The SMILES string of the molecule is COC(=O)C1CCCN(C(=O)CC(C)(C)C(=O)O)C1. The topological polar surface area (TPSA) is 83.9 Å². The van der Waals surface area contributed by atoms with Crippen molar-refractivity contribution >= 4 is 17.8 Å². The molecule has 1 rings (SSSR count). The van der Waals surface area contributed by atoms with E-state index in [2.05, 4.69) is 4.74 Å². The Bertz CT molecular complexity index is 377. The number of hydrogen-bond donors (Lipinski definition) is 1. The molecular weight excluding hydrogens is 250 g/mol. The number of esters is 1. The second kappa shape index (κ2) is 6.04. The molecule has 0 spiro atoms. The predicted molar refractivity (Wildman–Crippen MR) is 67.4 cm³/mol. The number of carboxylic acids is 1. The van der Waals surface area contributed by atoms with Gasteiger partial charge in [-0.25, -0.2) is 0 Å². The summed E-state index contributed by atoms with van der Waals surface area (Å²) in [5, 5.41) is 9.02. The predicted octanol–water partition coefficient (Wildman–Crippen LogP) is 0.899. The highest BCUT2D eigenvalue weighted by Crippen LogP contribution is 2.24. The molecule has 19 heavy (non-hydrogen) atoms. The lowest BCUT2D eigenvalue weighted by molar-refractivity contribution is -0.154. The van der Waals surface area contributed by atoms with Crippen molar-refractivity contribution in [3.8, 4) is 0 Å². The summed E-state index contributed by atoms with van der Waals surface area (Å²) in [6.45, 7) is 3.94. The van der Waals surface area contributed by atoms with E-state index in [1.54, 1.807) is 4.90 Å². The molecule has 1 heterocycles. The van der Waals surface area contributed by atoms with Crippen molar-refractivity contribution in [2.45, 2.75) is 33.1 Å². The fraction of sp³-hybridized carbons (Fsp3) is 0.769. The summed E-state index contributed by atoms with van der Waals surface area (Å²) in [7, 11) is 1.33. The van der Waals surface area contributed by atoms with Crippen molar-refractivity contribution in [3.63, 3.8) is 0 Å². The zero-order chi connectivity index (χ0) is 14.6. The van der Waals surface area contributed by atoms with Crippen LogP contribution in [0.2, 0.25) is 0 Å². The standard InChI is InChI=1S/C13H21NO5/c1-13(2,12(17)18)7-10(15)14-6-4-5-9(8-14)11(16)19-3/h9H,4-8H2,1-3H3,(H,17,18). The molecule has 0 aliphatic carbocycles. The van der Waals surface area contributed by atoms with Gasteiger partial charge in [-0.15, -0.1) is 0 Å². The summed E-state index contributed by atoms with van der Waals surface area (Å²) in [6, 6.07) is 0. The first-order valence-electron chi connectivity index (χ1n) is 6.37. The van der Waals surface area contributed by atoms with Crippen LogP contribution in [-0.4, -0.2) is 48.1 Å². The Hall–Kier alpha value is -1.59. The van der Waals surface area contributed by atoms with Crippen molar-refractivity contribution in [2.75, 3.05) is 20.2 Å². The van der Waals surface area contributed by atoms with Crippen LogP contribution in [-0.2, 0) is 19.1 Å². The highest BCUT2D eigenvalue weighted by molar-refractivity contribution is 5.85. The molecule has 0 aromatic heterocycles. The van der Waals surface area contributed by atoms with E-state index in [-0.39, 0.29) is 24.2 Å². The number of carbonyl (C=O) groups is 3. The van der Waals surface area contributed by atoms with Gasteiger partial charge in [-0.1, -0.05) is 0 Å². The first kappa shape index (κ1) is 15.5. The van der Waals surface area contributed by atoms with E-state index in [1.165, 1.54) is 21.0 Å². The number of hydrogen-bond acceptors (Lipinski definition) is 4. The fourth-order valence-electron chi connectivity index (χ4n) is 2.13. The minimum atomic E-state index is -1.09. The second-order valence-electron chi connectivity index (χ2n) is 5.57. The van der Waals surface area contributed by atoms with Crippen LogP contribution in [0.3, 0.4) is 0 Å². The number of rotatable bonds is 4. The second-order valence-corrected chi connectivity index (χ2v) is 5.57. The van der Waals surface area contributed by atoms with Crippen molar-refractivity contribution in [1.29, 1.82) is 0 Å². The van der Waals surface area contributed by atoms with Crippen LogP contribution in [0.15, 0.2) is 0 Å². The molecule has 0 aromatic rings. The Balaban J connectivity index is 2.62. The smallest absolute Gasteiger partial charge is 0.310 e. The van der Waals surface area contributed by atoms with Crippen molar-refractivity contribution in [2.24, 2.45) is 11.3 Å². The van der Waals surface area contributed by atoms with E-state index in [4.69, 9.17) is 5.11 Å². The van der Waals surface area contributed by atoms with Gasteiger partial charge in [-0.3, -0.25) is 14.4 Å². The minimum absolute atomic E-state index is 0.0593. The summed E-state index contributed by atoms with van der Waals surface area (Å²) >= 11 is 0. The molecule has 1 aliphatic heterocycles. The molecule has 1 unspecified atom stereocenters. The first-order chi connectivity index (χ1) is 8.77. The first-order valence-corrected chi connectivity index (χ1v) is 6.37. The summed E-state index contributed by atoms with van der Waals surface area (Å²) in [4.78, 5) is 36.1. The molecule has 6 heteroatoms. The lowest BCUT2D eigenvalue weighted by Gasteiger charge is -2.33. The van der Waals surface area contributed by atoms with Gasteiger partial charge in [0.25, 0.3) is 0 Å².